The van der Waals surface area contributed by atoms with Crippen molar-refractivity contribution in [1.29, 1.82) is 0 Å². The lowest BCUT2D eigenvalue weighted by Gasteiger charge is -2.17. The van der Waals surface area contributed by atoms with E-state index in [4.69, 9.17) is 0 Å². The van der Waals surface area contributed by atoms with Crippen molar-refractivity contribution in [3.63, 3.8) is 0 Å². The number of likely N-dealkylation sites (N-methyl/N-ethyl adjacent to an activating group) is 1. The summed E-state index contributed by atoms with van der Waals surface area (Å²) in [6, 6.07) is 0. The first kappa shape index (κ1) is 11.2. The minimum atomic E-state index is -0.455. The van der Waals surface area contributed by atoms with E-state index in [1.165, 1.54) is 0 Å². The van der Waals surface area contributed by atoms with Gasteiger partial charge in [-0.05, 0) is 32.4 Å². The van der Waals surface area contributed by atoms with Crippen LogP contribution in [0.25, 0.3) is 0 Å². The molecule has 1 saturated heterocycles. The van der Waals surface area contributed by atoms with Crippen LogP contribution in [-0.4, -0.2) is 44.4 Å². The van der Waals surface area contributed by atoms with E-state index < -0.39 is 6.23 Å². The second kappa shape index (κ2) is 4.38. The van der Waals surface area contributed by atoms with Gasteiger partial charge in [0.2, 0.25) is 0 Å². The molecule has 1 aromatic heterocycles. The molecule has 3 rings (SSSR count). The van der Waals surface area contributed by atoms with Crippen molar-refractivity contribution >= 4 is 0 Å². The van der Waals surface area contributed by atoms with Crippen LogP contribution in [0, 0.1) is 0 Å². The molecule has 94 valence electrons. The van der Waals surface area contributed by atoms with Gasteiger partial charge in [-0.15, -0.1) is 0 Å². The summed E-state index contributed by atoms with van der Waals surface area (Å²) in [5, 5.41) is 14.4. The zero-order valence-corrected chi connectivity index (χ0v) is 10.3. The third-order valence-corrected chi connectivity index (χ3v) is 3.95. The molecular weight excluding hydrogens is 216 g/mol. The van der Waals surface area contributed by atoms with Crippen LogP contribution < -0.4 is 0 Å². The summed E-state index contributed by atoms with van der Waals surface area (Å²) in [4.78, 5) is 7.05. The van der Waals surface area contributed by atoms with Gasteiger partial charge in [0, 0.05) is 18.9 Å². The number of hydrogen-bond acceptors (Lipinski definition) is 4. The van der Waals surface area contributed by atoms with Crippen LogP contribution in [-0.2, 0) is 6.42 Å². The zero-order valence-electron chi connectivity index (χ0n) is 10.3. The van der Waals surface area contributed by atoms with Gasteiger partial charge in [0.25, 0.3) is 0 Å². The average molecular weight is 236 g/mol. The fourth-order valence-corrected chi connectivity index (χ4v) is 2.85. The van der Waals surface area contributed by atoms with Gasteiger partial charge < -0.3 is 10.0 Å². The zero-order chi connectivity index (χ0) is 11.8. The number of likely N-dealkylation sites (tertiary alicyclic amines) is 1. The molecule has 0 aromatic carbocycles. The number of aromatic nitrogens is 3. The normalized spacial score (nSPS) is 29.5. The molecule has 2 atom stereocenters. The fraction of sp³-hybridized carbons (Fsp3) is 0.833. The smallest absolute Gasteiger partial charge is 0.155 e. The number of rotatable bonds is 2. The highest BCUT2D eigenvalue weighted by molar-refractivity contribution is 5.05. The first-order chi connectivity index (χ1) is 8.28. The lowest BCUT2D eigenvalue weighted by atomic mass is 10.1. The lowest BCUT2D eigenvalue weighted by molar-refractivity contribution is 0.0642. The van der Waals surface area contributed by atoms with Gasteiger partial charge >= 0.3 is 0 Å². The maximum atomic E-state index is 9.87. The Hall–Kier alpha value is -0.940. The van der Waals surface area contributed by atoms with Crippen LogP contribution in [0.15, 0.2) is 0 Å². The monoisotopic (exact) mass is 236 g/mol. The van der Waals surface area contributed by atoms with Crippen LogP contribution in [0.1, 0.15) is 50.0 Å². The molecule has 1 fully saturated rings. The van der Waals surface area contributed by atoms with Crippen LogP contribution in [0.2, 0.25) is 0 Å². The summed E-state index contributed by atoms with van der Waals surface area (Å²) < 4.78 is 1.73. The Bertz CT molecular complexity index is 403. The van der Waals surface area contributed by atoms with Crippen molar-refractivity contribution in [2.75, 3.05) is 19.6 Å². The second-order valence-electron chi connectivity index (χ2n) is 5.08. The molecule has 2 unspecified atom stereocenters. The molecule has 1 N–H and O–H groups in total. The molecule has 2 aliphatic rings. The summed E-state index contributed by atoms with van der Waals surface area (Å²) in [6.07, 6.45) is 3.47. The summed E-state index contributed by atoms with van der Waals surface area (Å²) in [5.41, 5.74) is 0. The standard InChI is InChI=1S/C12H20N4O/c1-2-15-7-6-9(8-15)12-13-10-4-3-5-11(17)16(10)14-12/h9,11,17H,2-8H2,1H3. The maximum absolute atomic E-state index is 9.87. The molecule has 5 heteroatoms. The minimum absolute atomic E-state index is 0.455. The molecule has 0 saturated carbocycles. The highest BCUT2D eigenvalue weighted by atomic mass is 16.3. The van der Waals surface area contributed by atoms with E-state index in [0.29, 0.717) is 5.92 Å². The molecule has 2 aliphatic heterocycles. The Kier molecular flexibility index (Phi) is 2.88. The molecule has 3 heterocycles. The van der Waals surface area contributed by atoms with Crippen molar-refractivity contribution in [3.05, 3.63) is 11.6 Å². The number of aliphatic hydroxyl groups excluding tert-OH is 1. The maximum Gasteiger partial charge on any atom is 0.155 e. The van der Waals surface area contributed by atoms with Crippen LogP contribution >= 0.6 is 0 Å². The molecule has 0 radical (unpaired) electrons. The van der Waals surface area contributed by atoms with Crippen molar-refractivity contribution in [2.24, 2.45) is 0 Å². The van der Waals surface area contributed by atoms with E-state index >= 15 is 0 Å². The average Bonchev–Trinajstić information content (AvgIpc) is 2.95. The fourth-order valence-electron chi connectivity index (χ4n) is 2.85. The van der Waals surface area contributed by atoms with Gasteiger partial charge in [0.05, 0.1) is 0 Å². The van der Waals surface area contributed by atoms with Gasteiger partial charge in [-0.2, -0.15) is 5.10 Å². The van der Waals surface area contributed by atoms with Gasteiger partial charge in [0.15, 0.2) is 5.82 Å². The Labute approximate surface area is 101 Å². The quantitative estimate of drug-likeness (QED) is 0.829. The van der Waals surface area contributed by atoms with E-state index in [-0.39, 0.29) is 0 Å². The molecule has 5 nitrogen and oxygen atoms in total. The van der Waals surface area contributed by atoms with Gasteiger partial charge in [-0.3, -0.25) is 0 Å². The van der Waals surface area contributed by atoms with Crippen LogP contribution in [0.5, 0.6) is 0 Å². The highest BCUT2D eigenvalue weighted by Crippen LogP contribution is 2.27. The molecule has 0 spiro atoms. The number of aryl methyl sites for hydroxylation is 1. The van der Waals surface area contributed by atoms with Crippen molar-refractivity contribution in [1.82, 2.24) is 19.7 Å². The minimum Gasteiger partial charge on any atom is -0.372 e. The lowest BCUT2D eigenvalue weighted by Crippen LogP contribution is -2.20. The van der Waals surface area contributed by atoms with Crippen LogP contribution in [0.4, 0.5) is 0 Å². The summed E-state index contributed by atoms with van der Waals surface area (Å²) >= 11 is 0. The SMILES string of the molecule is CCN1CCC(c2nc3n(n2)C(O)CCC3)C1. The summed E-state index contributed by atoms with van der Waals surface area (Å²) in [6.45, 7) is 5.51. The molecule has 0 amide bonds. The van der Waals surface area contributed by atoms with Crippen molar-refractivity contribution < 1.29 is 5.11 Å². The number of nitrogens with zero attached hydrogens (tertiary/aromatic N) is 4. The van der Waals surface area contributed by atoms with Crippen molar-refractivity contribution in [3.8, 4) is 0 Å². The molecule has 1 aromatic rings. The number of aliphatic hydroxyl groups is 1. The Balaban J connectivity index is 1.80. The summed E-state index contributed by atoms with van der Waals surface area (Å²) in [7, 11) is 0. The Morgan fingerprint density at radius 2 is 2.29 bits per heavy atom. The van der Waals surface area contributed by atoms with E-state index in [1.807, 2.05) is 0 Å². The first-order valence-electron chi connectivity index (χ1n) is 6.63. The first-order valence-corrected chi connectivity index (χ1v) is 6.63. The van der Waals surface area contributed by atoms with Crippen molar-refractivity contribution in [2.45, 2.75) is 44.8 Å². The topological polar surface area (TPSA) is 54.2 Å². The Morgan fingerprint density at radius 3 is 3.00 bits per heavy atom. The highest BCUT2D eigenvalue weighted by Gasteiger charge is 2.29. The van der Waals surface area contributed by atoms with Gasteiger partial charge in [0.1, 0.15) is 12.1 Å². The van der Waals surface area contributed by atoms with E-state index in [0.717, 1.165) is 57.0 Å². The predicted octanol–water partition coefficient (Wildman–Crippen LogP) is 0.914. The van der Waals surface area contributed by atoms with E-state index in [2.05, 4.69) is 21.9 Å². The Morgan fingerprint density at radius 1 is 1.41 bits per heavy atom. The molecule has 17 heavy (non-hydrogen) atoms. The third kappa shape index (κ3) is 1.98. The summed E-state index contributed by atoms with van der Waals surface area (Å²) in [5.74, 6) is 2.37. The molecule has 0 bridgehead atoms. The molecular formula is C12H20N4O. The van der Waals surface area contributed by atoms with E-state index in [1.54, 1.807) is 4.68 Å². The largest absolute Gasteiger partial charge is 0.372 e. The van der Waals surface area contributed by atoms with Crippen LogP contribution in [0.3, 0.4) is 0 Å². The predicted molar refractivity (Wildman–Crippen MR) is 63.7 cm³/mol. The second-order valence-corrected chi connectivity index (χ2v) is 5.08. The third-order valence-electron chi connectivity index (χ3n) is 3.95. The number of fused-ring (bicyclic) bond motifs is 1. The molecule has 0 aliphatic carbocycles. The number of hydrogen-bond donors (Lipinski definition) is 1. The van der Waals surface area contributed by atoms with E-state index in [9.17, 15) is 5.11 Å². The van der Waals surface area contributed by atoms with Gasteiger partial charge in [-0.1, -0.05) is 6.92 Å². The van der Waals surface area contributed by atoms with Gasteiger partial charge in [-0.25, -0.2) is 9.67 Å².